The summed E-state index contributed by atoms with van der Waals surface area (Å²) < 4.78 is 26.2. The molecule has 18 heavy (non-hydrogen) atoms. The molecule has 0 unspecified atom stereocenters. The largest absolute Gasteiger partial charge is 0.327 e. The second-order valence-electron chi connectivity index (χ2n) is 3.64. The van der Waals surface area contributed by atoms with Gasteiger partial charge in [0, 0.05) is 18.7 Å². The highest BCUT2D eigenvalue weighted by Crippen LogP contribution is 2.11. The van der Waals surface area contributed by atoms with E-state index in [2.05, 4.69) is 4.72 Å². The number of rotatable bonds is 6. The maximum atomic E-state index is 11.9. The molecule has 0 aromatic heterocycles. The lowest BCUT2D eigenvalue weighted by Crippen LogP contribution is -2.24. The molecular formula is C12H16N2O3S. The third-order valence-corrected chi connectivity index (χ3v) is 3.67. The van der Waals surface area contributed by atoms with E-state index in [4.69, 9.17) is 5.73 Å². The first-order chi connectivity index (χ1) is 8.47. The standard InChI is InChI=1S/C12H16N2O3S/c1-10(15)11-5-4-6-12(9-11)18(16,17)14-8-3-2-7-13/h2-6,9,14H,7-8,13H2,1H3/b3-2+. The molecule has 1 aromatic rings. The lowest BCUT2D eigenvalue weighted by atomic mass is 10.2. The predicted molar refractivity (Wildman–Crippen MR) is 69.8 cm³/mol. The van der Waals surface area contributed by atoms with Crippen molar-refractivity contribution in [2.75, 3.05) is 13.1 Å². The summed E-state index contributed by atoms with van der Waals surface area (Å²) in [5, 5.41) is 0. The van der Waals surface area contributed by atoms with Crippen LogP contribution in [-0.4, -0.2) is 27.3 Å². The molecule has 0 heterocycles. The first-order valence-corrected chi connectivity index (χ1v) is 6.91. The summed E-state index contributed by atoms with van der Waals surface area (Å²) in [4.78, 5) is 11.3. The van der Waals surface area contributed by atoms with Crippen LogP contribution in [0.3, 0.4) is 0 Å². The van der Waals surface area contributed by atoms with Gasteiger partial charge >= 0.3 is 0 Å². The van der Waals surface area contributed by atoms with Crippen molar-refractivity contribution in [1.82, 2.24) is 4.72 Å². The lowest BCUT2D eigenvalue weighted by Gasteiger charge is -2.05. The number of benzene rings is 1. The van der Waals surface area contributed by atoms with Gasteiger partial charge in [-0.2, -0.15) is 0 Å². The molecule has 0 saturated heterocycles. The average molecular weight is 268 g/mol. The van der Waals surface area contributed by atoms with E-state index in [-0.39, 0.29) is 17.2 Å². The van der Waals surface area contributed by atoms with E-state index in [1.54, 1.807) is 24.3 Å². The van der Waals surface area contributed by atoms with Crippen molar-refractivity contribution in [2.45, 2.75) is 11.8 Å². The first kappa shape index (κ1) is 14.6. The zero-order valence-electron chi connectivity index (χ0n) is 10.1. The number of carbonyl (C=O) groups is 1. The maximum Gasteiger partial charge on any atom is 0.240 e. The molecular weight excluding hydrogens is 252 g/mol. The van der Waals surface area contributed by atoms with Crippen LogP contribution in [0.4, 0.5) is 0 Å². The molecule has 0 aliphatic carbocycles. The van der Waals surface area contributed by atoms with Crippen LogP contribution in [-0.2, 0) is 10.0 Å². The summed E-state index contributed by atoms with van der Waals surface area (Å²) >= 11 is 0. The number of ketones is 1. The maximum absolute atomic E-state index is 11.9. The molecule has 0 fully saturated rings. The molecule has 0 aliphatic rings. The minimum atomic E-state index is -3.59. The van der Waals surface area contributed by atoms with Gasteiger partial charge in [0.15, 0.2) is 5.78 Å². The molecule has 0 saturated carbocycles. The third-order valence-electron chi connectivity index (χ3n) is 2.24. The minimum Gasteiger partial charge on any atom is -0.327 e. The van der Waals surface area contributed by atoms with Gasteiger partial charge in [-0.25, -0.2) is 13.1 Å². The van der Waals surface area contributed by atoms with Gasteiger partial charge in [0.1, 0.15) is 0 Å². The predicted octanol–water partition coefficient (Wildman–Crippen LogP) is 0.682. The van der Waals surface area contributed by atoms with Crippen LogP contribution in [0.25, 0.3) is 0 Å². The zero-order chi connectivity index (χ0) is 13.6. The van der Waals surface area contributed by atoms with Crippen molar-refractivity contribution in [2.24, 2.45) is 5.73 Å². The van der Waals surface area contributed by atoms with Crippen molar-refractivity contribution in [1.29, 1.82) is 0 Å². The van der Waals surface area contributed by atoms with Gasteiger partial charge in [0.25, 0.3) is 0 Å². The Morgan fingerprint density at radius 2 is 2.11 bits per heavy atom. The number of Topliss-reactive ketones (excluding diaryl/α,β-unsaturated/α-hetero) is 1. The van der Waals surface area contributed by atoms with Crippen molar-refractivity contribution in [3.05, 3.63) is 42.0 Å². The van der Waals surface area contributed by atoms with E-state index >= 15 is 0 Å². The molecule has 0 amide bonds. The van der Waals surface area contributed by atoms with Crippen LogP contribution in [0.2, 0.25) is 0 Å². The monoisotopic (exact) mass is 268 g/mol. The second-order valence-corrected chi connectivity index (χ2v) is 5.41. The molecule has 6 heteroatoms. The summed E-state index contributed by atoms with van der Waals surface area (Å²) in [7, 11) is -3.59. The Morgan fingerprint density at radius 3 is 2.72 bits per heavy atom. The van der Waals surface area contributed by atoms with Gasteiger partial charge in [-0.1, -0.05) is 24.3 Å². The molecule has 98 valence electrons. The average Bonchev–Trinajstić information content (AvgIpc) is 2.35. The minimum absolute atomic E-state index is 0.0800. The Hall–Kier alpha value is -1.50. The first-order valence-electron chi connectivity index (χ1n) is 5.43. The van der Waals surface area contributed by atoms with Crippen LogP contribution in [0.5, 0.6) is 0 Å². The SMILES string of the molecule is CC(=O)c1cccc(S(=O)(=O)NC/C=C/CN)c1. The highest BCUT2D eigenvalue weighted by molar-refractivity contribution is 7.89. The van der Waals surface area contributed by atoms with Gasteiger partial charge < -0.3 is 5.73 Å². The quantitative estimate of drug-likeness (QED) is 0.586. The molecule has 0 spiro atoms. The van der Waals surface area contributed by atoms with Crippen molar-refractivity contribution >= 4 is 15.8 Å². The Morgan fingerprint density at radius 1 is 1.39 bits per heavy atom. The van der Waals surface area contributed by atoms with E-state index in [0.717, 1.165) is 0 Å². The summed E-state index contributed by atoms with van der Waals surface area (Å²) in [5.74, 6) is -0.171. The zero-order valence-corrected chi connectivity index (χ0v) is 10.9. The Bertz CT molecular complexity index is 550. The fourth-order valence-corrected chi connectivity index (χ4v) is 2.33. The van der Waals surface area contributed by atoms with Crippen molar-refractivity contribution < 1.29 is 13.2 Å². The second kappa shape index (κ2) is 6.44. The molecule has 0 radical (unpaired) electrons. The fraction of sp³-hybridized carbons (Fsp3) is 0.250. The Kier molecular flexibility index (Phi) is 5.21. The fourth-order valence-electron chi connectivity index (χ4n) is 1.30. The highest BCUT2D eigenvalue weighted by atomic mass is 32.2. The Balaban J connectivity index is 2.88. The van der Waals surface area contributed by atoms with Gasteiger partial charge in [0.2, 0.25) is 10.0 Å². The van der Waals surface area contributed by atoms with Gasteiger partial charge in [0.05, 0.1) is 4.90 Å². The molecule has 0 aliphatic heterocycles. The van der Waals surface area contributed by atoms with Gasteiger partial charge in [-0.3, -0.25) is 4.79 Å². The van der Waals surface area contributed by atoms with E-state index < -0.39 is 10.0 Å². The van der Waals surface area contributed by atoms with Crippen LogP contribution in [0, 0.1) is 0 Å². The Labute approximate surface area is 107 Å². The van der Waals surface area contributed by atoms with E-state index in [1.165, 1.54) is 19.1 Å². The topological polar surface area (TPSA) is 89.3 Å². The van der Waals surface area contributed by atoms with Crippen LogP contribution < -0.4 is 10.5 Å². The van der Waals surface area contributed by atoms with Crippen molar-refractivity contribution in [3.8, 4) is 0 Å². The molecule has 1 rings (SSSR count). The number of sulfonamides is 1. The smallest absolute Gasteiger partial charge is 0.240 e. The van der Waals surface area contributed by atoms with E-state index in [1.807, 2.05) is 0 Å². The van der Waals surface area contributed by atoms with Crippen LogP contribution in [0.1, 0.15) is 17.3 Å². The molecule has 5 nitrogen and oxygen atoms in total. The van der Waals surface area contributed by atoms with Crippen LogP contribution >= 0.6 is 0 Å². The van der Waals surface area contributed by atoms with Gasteiger partial charge in [-0.05, 0) is 19.1 Å². The van der Waals surface area contributed by atoms with E-state index in [0.29, 0.717) is 12.1 Å². The van der Waals surface area contributed by atoms with E-state index in [9.17, 15) is 13.2 Å². The summed E-state index contributed by atoms with van der Waals surface area (Å²) in [6.45, 7) is 1.93. The van der Waals surface area contributed by atoms with Gasteiger partial charge in [-0.15, -0.1) is 0 Å². The summed E-state index contributed by atoms with van der Waals surface area (Å²) in [6.07, 6.45) is 3.29. The summed E-state index contributed by atoms with van der Waals surface area (Å²) in [5.41, 5.74) is 5.61. The number of hydrogen-bond acceptors (Lipinski definition) is 4. The lowest BCUT2D eigenvalue weighted by molar-refractivity contribution is 0.101. The molecule has 0 atom stereocenters. The number of hydrogen-bond donors (Lipinski definition) is 2. The number of carbonyl (C=O) groups excluding carboxylic acids is 1. The normalized spacial score (nSPS) is 11.9. The molecule has 3 N–H and O–H groups in total. The molecule has 0 bridgehead atoms. The van der Waals surface area contributed by atoms with Crippen molar-refractivity contribution in [3.63, 3.8) is 0 Å². The van der Waals surface area contributed by atoms with Crippen LogP contribution in [0.15, 0.2) is 41.3 Å². The summed E-state index contributed by atoms with van der Waals surface area (Å²) in [6, 6.07) is 5.93. The number of nitrogens with two attached hydrogens (primary N) is 1. The third kappa shape index (κ3) is 4.06. The number of nitrogens with one attached hydrogen (secondary N) is 1. The highest BCUT2D eigenvalue weighted by Gasteiger charge is 2.13. The molecule has 1 aromatic carbocycles.